The fraction of sp³-hybridized carbons (Fsp3) is 0.409. The van der Waals surface area contributed by atoms with Gasteiger partial charge in [0.15, 0.2) is 6.10 Å². The number of rotatable bonds is 67. The van der Waals surface area contributed by atoms with Crippen LogP contribution in [0.25, 0.3) is 0 Å². The molecule has 730 valence electrons. The molecule has 46 heteroatoms. The molecule has 0 fully saturated rings. The molecule has 0 aromatic heterocycles. The number of phosphoric ester groups is 1. The Hall–Kier alpha value is -9.10. The quantitative estimate of drug-likeness (QED) is 0.00854. The van der Waals surface area contributed by atoms with E-state index in [1.165, 1.54) is 71.1 Å². The van der Waals surface area contributed by atoms with Crippen LogP contribution in [-0.4, -0.2) is 245 Å². The van der Waals surface area contributed by atoms with Gasteiger partial charge in [0.1, 0.15) is 65.3 Å². The molecule has 0 bridgehead atoms. The topological polar surface area (TPSA) is 624 Å². The number of hydrogen-bond donors (Lipinski definition) is 0. The zero-order valence-corrected chi connectivity index (χ0v) is 79.7. The summed E-state index contributed by atoms with van der Waals surface area (Å²) in [5.74, 6) is -16.5. The molecule has 41 nitrogen and oxygen atoms in total. The van der Waals surface area contributed by atoms with Crippen LogP contribution < -0.4 is 84.9 Å². The number of ether oxygens (including phenoxy) is 5. The number of aryl methyl sites for hydroxylation is 3. The number of unbranched alkanes of at least 4 members (excludes halogenated alkanes) is 2. The number of carbonyl (C=O) groups excluding carboxylic acids is 10. The first kappa shape index (κ1) is 117. The van der Waals surface area contributed by atoms with E-state index in [2.05, 4.69) is 23.2 Å². The van der Waals surface area contributed by atoms with E-state index in [1.54, 1.807) is 36.4 Å². The molecule has 0 heterocycles. The van der Waals surface area contributed by atoms with Crippen molar-refractivity contribution < 1.29 is 249 Å². The van der Waals surface area contributed by atoms with Gasteiger partial charge in [-0.1, -0.05) is 148 Å². The predicted octanol–water partition coefficient (Wildman–Crippen LogP) is -6.98. The molecular weight excluding hydrogens is 2110 g/mol. The molecule has 7 rings (SSSR count). The van der Waals surface area contributed by atoms with Crippen LogP contribution in [0, 0.1) is 79.9 Å². The van der Waals surface area contributed by atoms with Crippen molar-refractivity contribution in [2.24, 2.45) is 0 Å². The van der Waals surface area contributed by atoms with E-state index >= 15 is 0 Å². The van der Waals surface area contributed by atoms with Gasteiger partial charge in [-0.3, -0.25) is 39.0 Å². The maximum atomic E-state index is 12.7. The maximum Gasteiger partial charge on any atom is 3.00 e. The zero-order chi connectivity index (χ0) is 96.7. The molecule has 0 N–H and O–H groups in total. The van der Waals surface area contributed by atoms with Gasteiger partial charge < -0.3 is 146 Å². The van der Waals surface area contributed by atoms with Crippen LogP contribution in [0.4, 0.5) is 0 Å². The van der Waals surface area contributed by atoms with Crippen LogP contribution in [0.5, 0.6) is 28.7 Å². The second-order valence-electron chi connectivity index (χ2n) is 30.0. The first-order chi connectivity index (χ1) is 62.8. The average Bonchev–Trinajstić information content (AvgIpc) is 0.810. The second-order valence-corrected chi connectivity index (χ2v) is 33.5. The number of carboxylic acids is 10. The number of benzene rings is 7. The minimum atomic E-state index is -5.18. The molecule has 0 amide bonds. The summed E-state index contributed by atoms with van der Waals surface area (Å²) in [6.07, 6.45) is 5.51. The van der Waals surface area contributed by atoms with Crippen LogP contribution in [0.15, 0.2) is 180 Å². The molecule has 0 spiro atoms. The number of aliphatic carboxylic acids is 10. The minimum absolute atomic E-state index is 0. The normalized spacial score (nSPS) is 12.7. The van der Waals surface area contributed by atoms with Gasteiger partial charge in [-0.05, 0) is 126 Å². The van der Waals surface area contributed by atoms with E-state index in [-0.39, 0.29) is 167 Å². The van der Waals surface area contributed by atoms with E-state index in [0.29, 0.717) is 40.2 Å². The summed E-state index contributed by atoms with van der Waals surface area (Å²) in [6, 6.07) is 43.1. The molecule has 0 aliphatic heterocycles. The molecule has 0 saturated heterocycles. The Balaban J connectivity index is 0.000000638. The number of hydrogen-bond acceptors (Lipinski definition) is 42. The van der Waals surface area contributed by atoms with Crippen LogP contribution >= 0.6 is 19.9 Å². The molecule has 134 heavy (non-hydrogen) atoms. The van der Waals surface area contributed by atoms with Crippen LogP contribution in [0.1, 0.15) is 90.9 Å². The number of carbonyl (C=O) groups is 10. The van der Waals surface area contributed by atoms with Gasteiger partial charge in [-0.25, -0.2) is 8.42 Å². The van der Waals surface area contributed by atoms with Crippen LogP contribution in [0.2, 0.25) is 0 Å². The molecule has 2 radical (unpaired) electrons. The van der Waals surface area contributed by atoms with Gasteiger partial charge in [-0.15, -0.1) is 0 Å². The van der Waals surface area contributed by atoms with Crippen molar-refractivity contribution in [3.8, 4) is 28.7 Å². The second kappa shape index (κ2) is 62.6. The number of nitrogens with zero attached hydrogens (tertiary/aromatic N) is 6. The molecule has 0 saturated carbocycles. The third-order valence-electron chi connectivity index (χ3n) is 19.6. The van der Waals surface area contributed by atoms with E-state index < -0.39 is 199 Å². The first-order valence-corrected chi connectivity index (χ1v) is 44.8. The third kappa shape index (κ3) is 47.6. The average molecular weight is 2210 g/mol. The fourth-order valence-corrected chi connectivity index (χ4v) is 15.4. The molecule has 0 aliphatic carbocycles. The molecule has 7 aromatic carbocycles. The van der Waals surface area contributed by atoms with E-state index in [0.717, 1.165) is 86.4 Å². The standard InChI is InChI=1S/C58H71N3O21S2.C30H40N3O14P.2Gd/c1-3-5-7-40-9-13-43(14-10-40)36-76-47-21-23-50(52(28-47)83-82-81-72)78-38-49(39-79-51-24-22-48(29-53(51)84(73,74)75)77-37-44-15-11-41(12-16-44)8-6-4-2)80-46-19-17-42(18-20-46)27-45(61(34-57(68)69)35-58(70)71)30-59(31-54(62)63)25-26-60(32-55(64)65)33-56(66)67;34-26(35)16-31(15-25(23-11-5-2-6-12-23)33(19-29(40)41)20-30(42)43)14-24(32(17-27(36)37)18-28(38)39)21-47-48(44,45)46-13-7-10-22-8-3-1-4-9-22;;/h9-24,28-29,45,49,72H,3-8,25-27,30-39H2,1-2H3,(H,62,63)(H,64,65)(H,66,67)(H,68,69)(H,70,71)(H,73,74,75);1-6,8-9,11-12,24-25H,7,10,13-21H2,(H,34,35)(H,36,37)(H,38,39)(H,40,41)(H,42,43)(H,44,45);;/q;;2*+3/p-13. The molecule has 0 aliphatic rings. The van der Waals surface area contributed by atoms with Gasteiger partial charge in [0.25, 0.3) is 7.82 Å². The Morgan fingerprint density at radius 3 is 1.28 bits per heavy atom. The monoisotopic (exact) mass is 2210 g/mol. The largest absolute Gasteiger partial charge is 3.00 e. The molecule has 5 atom stereocenters. The van der Waals surface area contributed by atoms with Gasteiger partial charge in [0.05, 0.1) is 94.7 Å². The van der Waals surface area contributed by atoms with E-state index in [4.69, 9.17) is 32.7 Å². The van der Waals surface area contributed by atoms with E-state index in [1.807, 2.05) is 66.7 Å². The molecule has 7 aromatic rings. The van der Waals surface area contributed by atoms with Crippen molar-refractivity contribution in [1.29, 1.82) is 0 Å². The minimum Gasteiger partial charge on any atom is -0.756 e. The zero-order valence-electron chi connectivity index (χ0n) is 72.6. The summed E-state index contributed by atoms with van der Waals surface area (Å²) in [6.45, 7) is -9.14. The Morgan fingerprint density at radius 2 is 0.806 bits per heavy atom. The predicted molar refractivity (Wildman–Crippen MR) is 438 cm³/mol. The molecular formula is C88H98Gd2N6O35PS2-7. The Labute approximate surface area is 841 Å². The van der Waals surface area contributed by atoms with Gasteiger partial charge in [0, 0.05) is 122 Å². The summed E-state index contributed by atoms with van der Waals surface area (Å²) in [5, 5.41) is 131. The summed E-state index contributed by atoms with van der Waals surface area (Å²) >= 11 is 0.514. The third-order valence-corrected chi connectivity index (χ3v) is 22.0. The van der Waals surface area contributed by atoms with Gasteiger partial charge in [0.2, 0.25) is 0 Å². The van der Waals surface area contributed by atoms with Crippen molar-refractivity contribution in [2.75, 3.05) is 125 Å². The van der Waals surface area contributed by atoms with Gasteiger partial charge >= 0.3 is 79.9 Å². The smallest absolute Gasteiger partial charge is 0.756 e. The van der Waals surface area contributed by atoms with E-state index in [9.17, 15) is 127 Å². The number of phosphoric acid groups is 1. The fourth-order valence-electron chi connectivity index (χ4n) is 13.5. The first-order valence-electron chi connectivity index (χ1n) is 41.2. The maximum absolute atomic E-state index is 12.7. The van der Waals surface area contributed by atoms with Crippen molar-refractivity contribution in [3.05, 3.63) is 209 Å². The summed E-state index contributed by atoms with van der Waals surface area (Å²) < 4.78 is 95.7. The summed E-state index contributed by atoms with van der Waals surface area (Å²) in [4.78, 5) is 134. The number of carboxylic acid groups (broad SMARTS) is 10. The Bertz CT molecular complexity index is 4930. The van der Waals surface area contributed by atoms with Crippen molar-refractivity contribution >= 4 is 89.7 Å². The van der Waals surface area contributed by atoms with Crippen LogP contribution in [-0.2, 0) is 120 Å². The summed E-state index contributed by atoms with van der Waals surface area (Å²) in [5.41, 5.74) is 5.70. The summed E-state index contributed by atoms with van der Waals surface area (Å²) in [7, 11) is -10.3. The van der Waals surface area contributed by atoms with Gasteiger partial charge in [-0.2, -0.15) is 4.33 Å². The van der Waals surface area contributed by atoms with Crippen molar-refractivity contribution in [2.45, 2.75) is 119 Å². The van der Waals surface area contributed by atoms with Crippen molar-refractivity contribution in [1.82, 2.24) is 29.4 Å². The Kier molecular flexibility index (Phi) is 54.8. The Morgan fingerprint density at radius 1 is 0.410 bits per heavy atom. The van der Waals surface area contributed by atoms with Crippen molar-refractivity contribution in [3.63, 3.8) is 0 Å². The molecule has 5 unspecified atom stereocenters. The SMILES string of the molecule is CCCCc1ccc(COc2ccc(OCC(COc3ccc(OCc4ccc(CCCC)cc4)cc3S(=O)(=O)[O-])Oc3ccc(CC(CN(CCN(CC(=O)[O-])CC(=O)[O-])CC(=O)[O-])N(CC(=O)[O-])CC(=O)[O-])cc3)c(SOO[O-])c2)cc1.O=C([O-])CN(CC(COP(=O)([O-])OCCCc1ccccc1)N(CC(=O)[O-])CC(=O)[O-])CC(c1ccccc1)N(CC(=O)[O-])CC(=O)[O-].[Gd+3].[Gd+3]. The van der Waals surface area contributed by atoms with Crippen LogP contribution in [0.3, 0.4) is 0 Å².